The van der Waals surface area contributed by atoms with Crippen molar-refractivity contribution in [3.8, 4) is 0 Å². The van der Waals surface area contributed by atoms with Crippen LogP contribution in [0.25, 0.3) is 0 Å². The van der Waals surface area contributed by atoms with Crippen molar-refractivity contribution in [2.24, 2.45) is 5.73 Å². The molecule has 0 rings (SSSR count). The molecule has 0 aromatic rings. The summed E-state index contributed by atoms with van der Waals surface area (Å²) in [6.45, 7) is 1.21. The summed E-state index contributed by atoms with van der Waals surface area (Å²) in [6, 6.07) is -0.282. The summed E-state index contributed by atoms with van der Waals surface area (Å²) in [7, 11) is 0. The standard InChI is InChI=1S/C3H8FN.ClH/c1-3(5)2-4;/h3H,2,5H2,1H3;1H/t3-;/m0./s1. The normalized spacial score (nSPS) is 12.5. The summed E-state index contributed by atoms with van der Waals surface area (Å²) in [5, 5.41) is 0. The Labute approximate surface area is 43.1 Å². The SMILES string of the molecule is C[C@H](N)CF.Cl. The molecule has 40 valence electrons. The minimum Gasteiger partial charge on any atom is -0.326 e. The lowest BCUT2D eigenvalue weighted by Crippen LogP contribution is -2.16. The minimum absolute atomic E-state index is 0. The molecule has 0 unspecified atom stereocenters. The van der Waals surface area contributed by atoms with Crippen molar-refractivity contribution in [3.63, 3.8) is 0 Å². The average molecular weight is 114 g/mol. The van der Waals surface area contributed by atoms with Gasteiger partial charge in [-0.05, 0) is 6.92 Å². The second-order valence-corrected chi connectivity index (χ2v) is 1.13. The van der Waals surface area contributed by atoms with Crippen molar-refractivity contribution in [2.45, 2.75) is 13.0 Å². The molecule has 0 aromatic carbocycles. The van der Waals surface area contributed by atoms with Crippen LogP contribution in [0.5, 0.6) is 0 Å². The van der Waals surface area contributed by atoms with Gasteiger partial charge in [-0.3, -0.25) is 0 Å². The van der Waals surface area contributed by atoms with E-state index in [4.69, 9.17) is 5.73 Å². The molecule has 0 spiro atoms. The first kappa shape index (κ1) is 9.49. The maximum atomic E-state index is 11.0. The Morgan fingerprint density at radius 1 is 1.83 bits per heavy atom. The van der Waals surface area contributed by atoms with Gasteiger partial charge in [0.1, 0.15) is 6.67 Å². The third kappa shape index (κ3) is 8.89. The maximum absolute atomic E-state index is 11.0. The van der Waals surface area contributed by atoms with E-state index in [0.29, 0.717) is 0 Å². The monoisotopic (exact) mass is 113 g/mol. The molecule has 0 heterocycles. The van der Waals surface area contributed by atoms with Crippen molar-refractivity contribution >= 4 is 12.4 Å². The fraction of sp³-hybridized carbons (Fsp3) is 1.00. The molecule has 0 amide bonds. The van der Waals surface area contributed by atoms with Crippen LogP contribution >= 0.6 is 12.4 Å². The predicted molar refractivity (Wildman–Crippen MR) is 26.9 cm³/mol. The fourth-order valence-corrected chi connectivity index (χ4v) is 0. The lowest BCUT2D eigenvalue weighted by molar-refractivity contribution is 0.445. The Morgan fingerprint density at radius 3 is 2.00 bits per heavy atom. The lowest BCUT2D eigenvalue weighted by Gasteiger charge is -1.88. The first-order valence-electron chi connectivity index (χ1n) is 1.59. The van der Waals surface area contributed by atoms with Crippen molar-refractivity contribution in [2.75, 3.05) is 6.67 Å². The Morgan fingerprint density at radius 2 is 2.00 bits per heavy atom. The Bertz CT molecular complexity index is 24.8. The van der Waals surface area contributed by atoms with Gasteiger partial charge < -0.3 is 5.73 Å². The van der Waals surface area contributed by atoms with E-state index >= 15 is 0 Å². The predicted octanol–water partition coefficient (Wildman–Crippen LogP) is 0.725. The van der Waals surface area contributed by atoms with Gasteiger partial charge in [0.15, 0.2) is 0 Å². The van der Waals surface area contributed by atoms with Crippen molar-refractivity contribution in [3.05, 3.63) is 0 Å². The molecule has 0 aromatic heterocycles. The van der Waals surface area contributed by atoms with E-state index in [2.05, 4.69) is 0 Å². The molecule has 0 aliphatic rings. The molecule has 0 aliphatic carbocycles. The van der Waals surface area contributed by atoms with Gasteiger partial charge in [0.25, 0.3) is 0 Å². The van der Waals surface area contributed by atoms with Gasteiger partial charge in [0, 0.05) is 6.04 Å². The van der Waals surface area contributed by atoms with Crippen molar-refractivity contribution < 1.29 is 4.39 Å². The molecular weight excluding hydrogens is 104 g/mol. The first-order valence-corrected chi connectivity index (χ1v) is 1.59. The number of nitrogens with two attached hydrogens (primary N) is 1. The van der Waals surface area contributed by atoms with Crippen LogP contribution in [0.1, 0.15) is 6.92 Å². The Balaban J connectivity index is 0. The number of halogens is 2. The molecule has 2 N–H and O–H groups in total. The van der Waals surface area contributed by atoms with E-state index in [1.807, 2.05) is 0 Å². The van der Waals surface area contributed by atoms with E-state index in [1.165, 1.54) is 0 Å². The number of hydrogen-bond donors (Lipinski definition) is 1. The quantitative estimate of drug-likeness (QED) is 0.533. The van der Waals surface area contributed by atoms with Gasteiger partial charge in [-0.25, -0.2) is 4.39 Å². The molecule has 0 saturated heterocycles. The van der Waals surface area contributed by atoms with Crippen molar-refractivity contribution in [1.29, 1.82) is 0 Å². The molecule has 0 aliphatic heterocycles. The van der Waals surface area contributed by atoms with Crippen LogP contribution in [0.2, 0.25) is 0 Å². The summed E-state index contributed by atoms with van der Waals surface area (Å²) >= 11 is 0. The topological polar surface area (TPSA) is 26.0 Å². The summed E-state index contributed by atoms with van der Waals surface area (Å²) in [6.07, 6.45) is 0. The zero-order valence-electron chi connectivity index (χ0n) is 3.65. The maximum Gasteiger partial charge on any atom is 0.104 e. The molecule has 0 bridgehead atoms. The lowest BCUT2D eigenvalue weighted by atomic mass is 10.4. The zero-order chi connectivity index (χ0) is 4.28. The zero-order valence-corrected chi connectivity index (χ0v) is 4.46. The first-order chi connectivity index (χ1) is 2.27. The molecule has 3 heteroatoms. The molecule has 0 fully saturated rings. The molecule has 1 nitrogen and oxygen atoms in total. The highest BCUT2D eigenvalue weighted by Crippen LogP contribution is 1.70. The van der Waals surface area contributed by atoms with Crippen LogP contribution in [-0.4, -0.2) is 12.7 Å². The highest BCUT2D eigenvalue weighted by Gasteiger charge is 1.83. The highest BCUT2D eigenvalue weighted by molar-refractivity contribution is 5.85. The van der Waals surface area contributed by atoms with E-state index in [-0.39, 0.29) is 18.4 Å². The Kier molecular flexibility index (Phi) is 8.19. The van der Waals surface area contributed by atoms with Crippen LogP contribution in [0, 0.1) is 0 Å². The molecule has 1 atom stereocenters. The second-order valence-electron chi connectivity index (χ2n) is 1.13. The van der Waals surface area contributed by atoms with E-state index in [0.717, 1.165) is 0 Å². The van der Waals surface area contributed by atoms with Crippen LogP contribution in [0.15, 0.2) is 0 Å². The summed E-state index contributed by atoms with van der Waals surface area (Å²) < 4.78 is 11.0. The van der Waals surface area contributed by atoms with E-state index in [1.54, 1.807) is 6.92 Å². The fourth-order valence-electron chi connectivity index (χ4n) is 0. The summed E-state index contributed by atoms with van der Waals surface area (Å²) in [5.41, 5.74) is 4.92. The molecule has 0 radical (unpaired) electrons. The van der Waals surface area contributed by atoms with Gasteiger partial charge in [-0.1, -0.05) is 0 Å². The summed E-state index contributed by atoms with van der Waals surface area (Å²) in [4.78, 5) is 0. The molecule has 0 saturated carbocycles. The molecular formula is C3H9ClFN. The van der Waals surface area contributed by atoms with Gasteiger partial charge in [-0.2, -0.15) is 0 Å². The van der Waals surface area contributed by atoms with Gasteiger partial charge >= 0.3 is 0 Å². The minimum atomic E-state index is -0.417. The van der Waals surface area contributed by atoms with E-state index < -0.39 is 6.67 Å². The van der Waals surface area contributed by atoms with Crippen LogP contribution in [0.4, 0.5) is 4.39 Å². The van der Waals surface area contributed by atoms with Gasteiger partial charge in [-0.15, -0.1) is 12.4 Å². The van der Waals surface area contributed by atoms with Crippen LogP contribution < -0.4 is 5.73 Å². The Hall–Kier alpha value is 0.180. The molecule has 6 heavy (non-hydrogen) atoms. The van der Waals surface area contributed by atoms with Gasteiger partial charge in [0.2, 0.25) is 0 Å². The smallest absolute Gasteiger partial charge is 0.104 e. The largest absolute Gasteiger partial charge is 0.326 e. The van der Waals surface area contributed by atoms with E-state index in [9.17, 15) is 4.39 Å². The van der Waals surface area contributed by atoms with Crippen LogP contribution in [-0.2, 0) is 0 Å². The third-order valence-electron chi connectivity index (χ3n) is 0.243. The third-order valence-corrected chi connectivity index (χ3v) is 0.243. The second kappa shape index (κ2) is 5.18. The number of rotatable bonds is 1. The number of alkyl halides is 1. The summed E-state index contributed by atoms with van der Waals surface area (Å²) in [5.74, 6) is 0. The highest BCUT2D eigenvalue weighted by atomic mass is 35.5. The van der Waals surface area contributed by atoms with Gasteiger partial charge in [0.05, 0.1) is 0 Å². The number of hydrogen-bond acceptors (Lipinski definition) is 1. The van der Waals surface area contributed by atoms with Crippen LogP contribution in [0.3, 0.4) is 0 Å². The average Bonchev–Trinajstić information content (AvgIpc) is 1.38. The van der Waals surface area contributed by atoms with Crippen molar-refractivity contribution in [1.82, 2.24) is 0 Å².